The summed E-state index contributed by atoms with van der Waals surface area (Å²) in [6.45, 7) is 8.92. The summed E-state index contributed by atoms with van der Waals surface area (Å²) >= 11 is 0. The van der Waals surface area contributed by atoms with Crippen molar-refractivity contribution in [1.82, 2.24) is 14.9 Å². The van der Waals surface area contributed by atoms with Crippen LogP contribution in [0.2, 0.25) is 0 Å². The van der Waals surface area contributed by atoms with Crippen molar-refractivity contribution in [3.05, 3.63) is 99.5 Å². The zero-order valence-corrected chi connectivity index (χ0v) is 24.5. The molecule has 218 valence electrons. The molecular weight excluding hydrogens is 530 g/mol. The highest BCUT2D eigenvalue weighted by Crippen LogP contribution is 2.29. The molecule has 0 atom stereocenters. The molecule has 0 unspecified atom stereocenters. The van der Waals surface area contributed by atoms with Gasteiger partial charge < -0.3 is 32.0 Å². The van der Waals surface area contributed by atoms with Gasteiger partial charge in [-0.05, 0) is 59.9 Å². The van der Waals surface area contributed by atoms with Gasteiger partial charge in [0.15, 0.2) is 5.82 Å². The summed E-state index contributed by atoms with van der Waals surface area (Å²) in [4.78, 5) is 42.9. The first-order chi connectivity index (χ1) is 19.9. The van der Waals surface area contributed by atoms with E-state index >= 15 is 0 Å². The first-order valence-electron chi connectivity index (χ1n) is 13.6. The lowest BCUT2D eigenvalue weighted by molar-refractivity contribution is 0.0954. The van der Waals surface area contributed by atoms with E-state index in [0.717, 1.165) is 16.7 Å². The lowest BCUT2D eigenvalue weighted by Gasteiger charge is -2.19. The predicted octanol–water partition coefficient (Wildman–Crippen LogP) is 4.32. The molecule has 0 saturated heterocycles. The van der Waals surface area contributed by atoms with Gasteiger partial charge in [-0.2, -0.15) is 0 Å². The molecule has 1 aromatic heterocycles. The van der Waals surface area contributed by atoms with Crippen molar-refractivity contribution < 1.29 is 9.59 Å². The van der Waals surface area contributed by atoms with Gasteiger partial charge in [-0.1, -0.05) is 45.0 Å². The van der Waals surface area contributed by atoms with E-state index in [1.165, 1.54) is 4.57 Å². The summed E-state index contributed by atoms with van der Waals surface area (Å²) in [6, 6.07) is 17.9. The number of aryl methyl sites for hydroxylation is 1. The number of hydrogen-bond acceptors (Lipinski definition) is 7. The standard InChI is InChI=1S/C32H37N7O3/c1-19-23(7-6-8-26(19)38-29(40)20-9-11-21(12-10-20)32(2,3)4)27-18-39(5)31(42)28(37-27)36-22-13-14-24(25(34)17-22)30(41)35-16-15-33/h6-14,17-18H,15-16,33-34H2,1-5H3,(H,35,41)(H,36,37)(H,38,40). The molecule has 0 aliphatic heterocycles. The van der Waals surface area contributed by atoms with Gasteiger partial charge in [-0.15, -0.1) is 0 Å². The Kier molecular flexibility index (Phi) is 8.77. The Morgan fingerprint density at radius 2 is 1.71 bits per heavy atom. The van der Waals surface area contributed by atoms with Crippen LogP contribution in [0.25, 0.3) is 11.3 Å². The maximum Gasteiger partial charge on any atom is 0.293 e. The van der Waals surface area contributed by atoms with Crippen LogP contribution >= 0.6 is 0 Å². The molecule has 0 spiro atoms. The molecule has 1 heterocycles. The van der Waals surface area contributed by atoms with Gasteiger partial charge in [0.05, 0.1) is 11.3 Å². The van der Waals surface area contributed by atoms with Crippen LogP contribution in [0.4, 0.5) is 22.9 Å². The fourth-order valence-corrected chi connectivity index (χ4v) is 4.45. The lowest BCUT2D eigenvalue weighted by Crippen LogP contribution is -2.29. The number of nitrogens with one attached hydrogen (secondary N) is 3. The van der Waals surface area contributed by atoms with Gasteiger partial charge in [0.2, 0.25) is 0 Å². The van der Waals surface area contributed by atoms with E-state index in [9.17, 15) is 14.4 Å². The van der Waals surface area contributed by atoms with Crippen molar-refractivity contribution in [2.45, 2.75) is 33.1 Å². The SMILES string of the molecule is Cc1c(NC(=O)c2ccc(C(C)(C)C)cc2)cccc1-c1cn(C)c(=O)c(Nc2ccc(C(=O)NCCN)c(N)c2)n1. The Hall–Kier alpha value is -4.96. The molecule has 2 amide bonds. The summed E-state index contributed by atoms with van der Waals surface area (Å²) in [7, 11) is 1.64. The van der Waals surface area contributed by atoms with Gasteiger partial charge in [-0.3, -0.25) is 14.4 Å². The third-order valence-electron chi connectivity index (χ3n) is 6.93. The Morgan fingerprint density at radius 3 is 2.36 bits per heavy atom. The van der Waals surface area contributed by atoms with E-state index in [1.54, 1.807) is 31.4 Å². The zero-order valence-electron chi connectivity index (χ0n) is 24.5. The van der Waals surface area contributed by atoms with Crippen LogP contribution < -0.4 is 33.0 Å². The van der Waals surface area contributed by atoms with Crippen molar-refractivity contribution in [3.8, 4) is 11.3 Å². The van der Waals surface area contributed by atoms with E-state index < -0.39 is 0 Å². The Bertz CT molecular complexity index is 1690. The number of benzene rings is 3. The van der Waals surface area contributed by atoms with E-state index in [-0.39, 0.29) is 34.3 Å². The molecule has 0 fully saturated rings. The number of nitrogens with zero attached hydrogens (tertiary/aromatic N) is 2. The molecule has 10 nitrogen and oxygen atoms in total. The number of aromatic nitrogens is 2. The van der Waals surface area contributed by atoms with E-state index in [0.29, 0.717) is 41.3 Å². The van der Waals surface area contributed by atoms with Crippen LogP contribution in [0.5, 0.6) is 0 Å². The number of amides is 2. The first-order valence-corrected chi connectivity index (χ1v) is 13.6. The normalized spacial score (nSPS) is 11.2. The van der Waals surface area contributed by atoms with Crippen molar-refractivity contribution >= 4 is 34.7 Å². The molecule has 4 aromatic rings. The van der Waals surface area contributed by atoms with Crippen molar-refractivity contribution in [3.63, 3.8) is 0 Å². The summed E-state index contributed by atoms with van der Waals surface area (Å²) in [5.74, 6) is -0.461. The lowest BCUT2D eigenvalue weighted by atomic mass is 9.86. The van der Waals surface area contributed by atoms with Gasteiger partial charge in [0.1, 0.15) is 0 Å². The van der Waals surface area contributed by atoms with Crippen LogP contribution in [-0.2, 0) is 12.5 Å². The number of anilines is 4. The molecule has 3 aromatic carbocycles. The monoisotopic (exact) mass is 567 g/mol. The van der Waals surface area contributed by atoms with Crippen LogP contribution in [0.3, 0.4) is 0 Å². The summed E-state index contributed by atoms with van der Waals surface area (Å²) in [5.41, 5.74) is 16.7. The third kappa shape index (κ3) is 6.67. The van der Waals surface area contributed by atoms with Crippen LogP contribution in [0.15, 0.2) is 71.7 Å². The van der Waals surface area contributed by atoms with Crippen molar-refractivity contribution in [2.24, 2.45) is 12.8 Å². The molecule has 10 heteroatoms. The van der Waals surface area contributed by atoms with E-state index in [4.69, 9.17) is 11.5 Å². The van der Waals surface area contributed by atoms with Crippen LogP contribution in [0.1, 0.15) is 52.6 Å². The summed E-state index contributed by atoms with van der Waals surface area (Å²) < 4.78 is 1.43. The topological polar surface area (TPSA) is 157 Å². The Balaban J connectivity index is 1.59. The molecule has 0 aliphatic carbocycles. The van der Waals surface area contributed by atoms with Crippen LogP contribution in [-0.4, -0.2) is 34.5 Å². The van der Waals surface area contributed by atoms with E-state index in [2.05, 4.69) is 41.7 Å². The maximum absolute atomic E-state index is 13.1. The molecule has 0 bridgehead atoms. The maximum atomic E-state index is 13.1. The van der Waals surface area contributed by atoms with Crippen LogP contribution in [0, 0.1) is 6.92 Å². The van der Waals surface area contributed by atoms with Crippen molar-refractivity contribution in [2.75, 3.05) is 29.5 Å². The number of carbonyl (C=O) groups excluding carboxylic acids is 2. The highest BCUT2D eigenvalue weighted by Gasteiger charge is 2.17. The molecular formula is C32H37N7O3. The summed E-state index contributed by atoms with van der Waals surface area (Å²) in [5, 5.41) is 8.72. The fourth-order valence-electron chi connectivity index (χ4n) is 4.45. The molecule has 0 saturated carbocycles. The number of nitrogens with two attached hydrogens (primary N) is 2. The molecule has 0 aliphatic rings. The molecule has 4 rings (SSSR count). The smallest absolute Gasteiger partial charge is 0.293 e. The van der Waals surface area contributed by atoms with Gasteiger partial charge in [-0.25, -0.2) is 4.98 Å². The Morgan fingerprint density at radius 1 is 1.00 bits per heavy atom. The second-order valence-electron chi connectivity index (χ2n) is 11.1. The molecule has 42 heavy (non-hydrogen) atoms. The minimum Gasteiger partial charge on any atom is -0.398 e. The second kappa shape index (κ2) is 12.3. The minimum absolute atomic E-state index is 0.00651. The first kappa shape index (κ1) is 30.0. The Labute approximate surface area is 245 Å². The third-order valence-corrected chi connectivity index (χ3v) is 6.93. The average Bonchev–Trinajstić information content (AvgIpc) is 2.95. The predicted molar refractivity (Wildman–Crippen MR) is 168 cm³/mol. The number of hydrogen-bond donors (Lipinski definition) is 5. The fraction of sp³-hybridized carbons (Fsp3) is 0.250. The number of rotatable bonds is 8. The molecule has 7 N–H and O–H groups in total. The quantitative estimate of drug-likeness (QED) is 0.198. The number of carbonyl (C=O) groups is 2. The van der Waals surface area contributed by atoms with Gasteiger partial charge >= 0.3 is 0 Å². The second-order valence-corrected chi connectivity index (χ2v) is 11.1. The zero-order chi connectivity index (χ0) is 30.6. The average molecular weight is 568 g/mol. The summed E-state index contributed by atoms with van der Waals surface area (Å²) in [6.07, 6.45) is 1.64. The van der Waals surface area contributed by atoms with E-state index in [1.807, 2.05) is 49.4 Å². The highest BCUT2D eigenvalue weighted by molar-refractivity contribution is 6.05. The minimum atomic E-state index is -0.345. The van der Waals surface area contributed by atoms with Gasteiger partial charge in [0.25, 0.3) is 17.4 Å². The van der Waals surface area contributed by atoms with Crippen molar-refractivity contribution in [1.29, 1.82) is 0 Å². The van der Waals surface area contributed by atoms with Gasteiger partial charge in [0, 0.05) is 54.5 Å². The highest BCUT2D eigenvalue weighted by atomic mass is 16.2. The molecule has 0 radical (unpaired) electrons. The number of nitrogen functional groups attached to an aromatic ring is 1. The largest absolute Gasteiger partial charge is 0.398 e.